The first kappa shape index (κ1) is 25.6. The minimum atomic E-state index is 0.497. The quantitative estimate of drug-likeness (QED) is 0.207. The number of halogens is 2. The Balaban J connectivity index is 1.49. The standard InChI is InChI=1S/C27H26Cl2N6OS/c28-22-10-6-11-23(29)26(22)31-24-12-5-4-9-21(24)17-25-32-34(19-33-13-15-36-16-14-33)27(37)35(25)30-18-20-7-2-1-3-8-20/h1-12,18,31H,13-17,19H2/b30-18+. The van der Waals surface area contributed by atoms with Crippen LogP contribution in [0.25, 0.3) is 0 Å². The van der Waals surface area contributed by atoms with Crippen molar-refractivity contribution >= 4 is 53.0 Å². The van der Waals surface area contributed by atoms with Gasteiger partial charge in [-0.25, -0.2) is 4.68 Å². The van der Waals surface area contributed by atoms with Gasteiger partial charge < -0.3 is 10.1 Å². The van der Waals surface area contributed by atoms with E-state index in [1.165, 1.54) is 0 Å². The number of ether oxygens (including phenoxy) is 1. The summed E-state index contributed by atoms with van der Waals surface area (Å²) in [5.41, 5.74) is 3.53. The highest BCUT2D eigenvalue weighted by Crippen LogP contribution is 2.34. The van der Waals surface area contributed by atoms with E-state index < -0.39 is 0 Å². The third kappa shape index (κ3) is 6.29. The van der Waals surface area contributed by atoms with Gasteiger partial charge in [-0.15, -0.1) is 0 Å². The molecule has 1 saturated heterocycles. The predicted molar refractivity (Wildman–Crippen MR) is 152 cm³/mol. The molecule has 0 unspecified atom stereocenters. The fraction of sp³-hybridized carbons (Fsp3) is 0.222. The molecule has 3 aromatic carbocycles. The van der Waals surface area contributed by atoms with Crippen molar-refractivity contribution in [3.05, 3.63) is 105 Å². The molecule has 0 aliphatic carbocycles. The number of hydrogen-bond acceptors (Lipinski definition) is 6. The lowest BCUT2D eigenvalue weighted by atomic mass is 10.1. The lowest BCUT2D eigenvalue weighted by Gasteiger charge is -2.25. The third-order valence-electron chi connectivity index (χ3n) is 6.03. The summed E-state index contributed by atoms with van der Waals surface area (Å²) in [5, 5.41) is 14.1. The van der Waals surface area contributed by atoms with Crippen molar-refractivity contribution in [2.45, 2.75) is 13.1 Å². The van der Waals surface area contributed by atoms with Gasteiger partial charge in [-0.3, -0.25) is 4.90 Å². The minimum absolute atomic E-state index is 0.497. The molecule has 2 heterocycles. The van der Waals surface area contributed by atoms with Crippen LogP contribution >= 0.6 is 35.4 Å². The molecule has 5 rings (SSSR count). The van der Waals surface area contributed by atoms with E-state index in [0.29, 0.717) is 46.8 Å². The van der Waals surface area contributed by atoms with Crippen LogP contribution in [0.1, 0.15) is 17.0 Å². The van der Waals surface area contributed by atoms with Gasteiger partial charge in [0.15, 0.2) is 5.82 Å². The van der Waals surface area contributed by atoms with Crippen molar-refractivity contribution in [1.82, 2.24) is 19.4 Å². The maximum Gasteiger partial charge on any atom is 0.220 e. The van der Waals surface area contributed by atoms with Crippen LogP contribution in [0.4, 0.5) is 11.4 Å². The van der Waals surface area contributed by atoms with Gasteiger partial charge in [-0.2, -0.15) is 14.9 Å². The summed E-state index contributed by atoms with van der Waals surface area (Å²) >= 11 is 18.7. The molecule has 190 valence electrons. The summed E-state index contributed by atoms with van der Waals surface area (Å²) in [6.07, 6.45) is 2.30. The fourth-order valence-electron chi connectivity index (χ4n) is 4.08. The van der Waals surface area contributed by atoms with Gasteiger partial charge in [-0.05, 0) is 41.5 Å². The normalized spacial score (nSPS) is 14.3. The molecule has 0 radical (unpaired) electrons. The van der Waals surface area contributed by atoms with Crippen LogP contribution in [-0.2, 0) is 17.8 Å². The van der Waals surface area contributed by atoms with Crippen LogP contribution in [0, 0.1) is 4.77 Å². The Morgan fingerprint density at radius 1 is 0.946 bits per heavy atom. The molecule has 1 aliphatic heterocycles. The second kappa shape index (κ2) is 12.0. The number of morpholine rings is 1. The second-order valence-electron chi connectivity index (χ2n) is 8.59. The van der Waals surface area contributed by atoms with Crippen LogP contribution in [0.2, 0.25) is 10.0 Å². The van der Waals surface area contributed by atoms with Crippen LogP contribution in [0.3, 0.4) is 0 Å². The molecule has 0 spiro atoms. The fourth-order valence-corrected chi connectivity index (χ4v) is 4.82. The largest absolute Gasteiger partial charge is 0.379 e. The number of aromatic nitrogens is 3. The second-order valence-corrected chi connectivity index (χ2v) is 9.77. The summed E-state index contributed by atoms with van der Waals surface area (Å²) in [4.78, 5) is 2.27. The molecule has 1 aliphatic rings. The summed E-state index contributed by atoms with van der Waals surface area (Å²) in [6, 6.07) is 23.4. The number of nitrogens with one attached hydrogen (secondary N) is 1. The van der Waals surface area contributed by atoms with E-state index in [4.69, 9.17) is 50.4 Å². The molecule has 0 bridgehead atoms. The summed E-state index contributed by atoms with van der Waals surface area (Å²) in [5.74, 6) is 0.727. The van der Waals surface area contributed by atoms with E-state index >= 15 is 0 Å². The van der Waals surface area contributed by atoms with Gasteiger partial charge in [0.05, 0.1) is 41.8 Å². The maximum absolute atomic E-state index is 6.42. The van der Waals surface area contributed by atoms with Crippen LogP contribution in [-0.4, -0.2) is 51.9 Å². The number of benzene rings is 3. The highest BCUT2D eigenvalue weighted by atomic mass is 35.5. The molecule has 0 saturated carbocycles. The number of nitrogens with zero attached hydrogens (tertiary/aromatic N) is 5. The molecule has 1 fully saturated rings. The Hall–Kier alpha value is -3.01. The predicted octanol–water partition coefficient (Wildman–Crippen LogP) is 6.23. The molecule has 1 aromatic heterocycles. The summed E-state index contributed by atoms with van der Waals surface area (Å²) < 4.78 is 9.60. The van der Waals surface area contributed by atoms with Crippen molar-refractivity contribution < 1.29 is 4.74 Å². The van der Waals surface area contributed by atoms with E-state index in [2.05, 4.69) is 10.2 Å². The molecule has 10 heteroatoms. The molecular formula is C27H26Cl2N6OS. The Kier molecular flexibility index (Phi) is 8.33. The molecule has 0 atom stereocenters. The van der Waals surface area contributed by atoms with Crippen molar-refractivity contribution in [3.8, 4) is 0 Å². The molecule has 7 nitrogen and oxygen atoms in total. The lowest BCUT2D eigenvalue weighted by Crippen LogP contribution is -2.37. The summed E-state index contributed by atoms with van der Waals surface area (Å²) in [7, 11) is 0. The minimum Gasteiger partial charge on any atom is -0.379 e. The van der Waals surface area contributed by atoms with Gasteiger partial charge in [0.25, 0.3) is 0 Å². The first-order valence-electron chi connectivity index (χ1n) is 12.0. The zero-order valence-electron chi connectivity index (χ0n) is 20.1. The molecule has 1 N–H and O–H groups in total. The van der Waals surface area contributed by atoms with Gasteiger partial charge >= 0.3 is 0 Å². The molecule has 37 heavy (non-hydrogen) atoms. The number of hydrogen-bond donors (Lipinski definition) is 1. The van der Waals surface area contributed by atoms with E-state index in [9.17, 15) is 0 Å². The van der Waals surface area contributed by atoms with E-state index in [1.807, 2.05) is 65.3 Å². The van der Waals surface area contributed by atoms with Crippen LogP contribution in [0.5, 0.6) is 0 Å². The van der Waals surface area contributed by atoms with Crippen molar-refractivity contribution in [3.63, 3.8) is 0 Å². The van der Waals surface area contributed by atoms with E-state index in [0.717, 1.165) is 35.7 Å². The molecule has 4 aromatic rings. The molecule has 0 amide bonds. The smallest absolute Gasteiger partial charge is 0.220 e. The highest BCUT2D eigenvalue weighted by molar-refractivity contribution is 7.71. The number of anilines is 2. The maximum atomic E-state index is 6.42. The van der Waals surface area contributed by atoms with Gasteiger partial charge in [0.2, 0.25) is 4.77 Å². The van der Waals surface area contributed by atoms with Crippen LogP contribution < -0.4 is 5.32 Å². The van der Waals surface area contributed by atoms with Crippen molar-refractivity contribution in [1.29, 1.82) is 0 Å². The Labute approximate surface area is 230 Å². The van der Waals surface area contributed by atoms with E-state index in [-0.39, 0.29) is 0 Å². The highest BCUT2D eigenvalue weighted by Gasteiger charge is 2.17. The Morgan fingerprint density at radius 2 is 1.65 bits per heavy atom. The Morgan fingerprint density at radius 3 is 2.41 bits per heavy atom. The topological polar surface area (TPSA) is 59.6 Å². The first-order valence-corrected chi connectivity index (χ1v) is 13.1. The zero-order chi connectivity index (χ0) is 25.6. The lowest BCUT2D eigenvalue weighted by molar-refractivity contribution is 0.0209. The average Bonchev–Trinajstić information content (AvgIpc) is 3.20. The Bertz CT molecular complexity index is 1430. The third-order valence-corrected chi connectivity index (χ3v) is 7.04. The first-order chi connectivity index (χ1) is 18.1. The van der Waals surface area contributed by atoms with Gasteiger partial charge in [-0.1, -0.05) is 77.8 Å². The van der Waals surface area contributed by atoms with Crippen LogP contribution in [0.15, 0.2) is 77.9 Å². The van der Waals surface area contributed by atoms with Crippen molar-refractivity contribution in [2.24, 2.45) is 5.10 Å². The SMILES string of the molecule is S=c1n(CN2CCOCC2)nc(Cc2ccccc2Nc2c(Cl)cccc2Cl)n1/N=C/c1ccccc1. The molecular weight excluding hydrogens is 527 g/mol. The monoisotopic (exact) mass is 552 g/mol. The summed E-state index contributed by atoms with van der Waals surface area (Å²) in [6.45, 7) is 3.66. The zero-order valence-corrected chi connectivity index (χ0v) is 22.4. The van der Waals surface area contributed by atoms with Crippen molar-refractivity contribution in [2.75, 3.05) is 31.6 Å². The van der Waals surface area contributed by atoms with Gasteiger partial charge in [0.1, 0.15) is 0 Å². The van der Waals surface area contributed by atoms with Gasteiger partial charge in [0, 0.05) is 25.2 Å². The van der Waals surface area contributed by atoms with E-state index in [1.54, 1.807) is 23.0 Å². The average molecular weight is 554 g/mol. The number of para-hydroxylation sites is 2. The number of rotatable bonds is 8.